The molecule has 0 spiro atoms. The van der Waals surface area contributed by atoms with Crippen LogP contribution in [0.15, 0.2) is 18.2 Å². The minimum Gasteiger partial charge on any atom is -0.232 e. The van der Waals surface area contributed by atoms with E-state index in [1.165, 1.54) is 0 Å². The maximum absolute atomic E-state index is 12.6. The molecule has 0 aromatic heterocycles. The van der Waals surface area contributed by atoms with Crippen molar-refractivity contribution in [2.75, 3.05) is 0 Å². The smallest absolute Gasteiger partial charge is 0.232 e. The summed E-state index contributed by atoms with van der Waals surface area (Å²) >= 11 is 0. The van der Waals surface area contributed by atoms with Crippen molar-refractivity contribution in [3.05, 3.63) is 35.1 Å². The van der Waals surface area contributed by atoms with Gasteiger partial charge in [0, 0.05) is 0 Å². The lowest BCUT2D eigenvalue weighted by molar-refractivity contribution is -0.140. The lowest BCUT2D eigenvalue weighted by Crippen LogP contribution is -2.08. The number of rotatable bonds is 1. The van der Waals surface area contributed by atoms with Gasteiger partial charge in [-0.25, -0.2) is 9.50 Å². The Hall–Kier alpha value is -1.10. The minimum absolute atomic E-state index is 0.0753. The molecule has 0 aliphatic rings. The highest BCUT2D eigenvalue weighted by Crippen LogP contribution is 2.31. The predicted octanol–water partition coefficient (Wildman–Crippen LogP) is 2.78. The van der Waals surface area contributed by atoms with Gasteiger partial charge in [-0.3, -0.25) is 0 Å². The molecule has 1 nitrogen and oxygen atoms in total. The Labute approximate surface area is 71.6 Å². The third-order valence-electron chi connectivity index (χ3n) is 1.50. The molecular formula is C8H5F4O. The van der Waals surface area contributed by atoms with Gasteiger partial charge >= 0.3 is 6.18 Å². The van der Waals surface area contributed by atoms with Crippen LogP contribution in [0.4, 0.5) is 17.6 Å². The number of benzene rings is 1. The molecule has 0 unspecified atom stereocenters. The molecule has 1 rings (SSSR count). The Bertz CT molecular complexity index is 306. The third kappa shape index (κ3) is 2.18. The number of halogens is 4. The van der Waals surface area contributed by atoms with Crippen molar-refractivity contribution >= 4 is 0 Å². The molecule has 0 N–H and O–H groups in total. The number of hydrogen-bond donors (Lipinski definition) is 0. The minimum atomic E-state index is -4.74. The lowest BCUT2D eigenvalue weighted by atomic mass is 10.1. The Kier molecular flexibility index (Phi) is 2.56. The molecule has 1 aromatic rings. The fourth-order valence-corrected chi connectivity index (χ4v) is 0.879. The van der Waals surface area contributed by atoms with Gasteiger partial charge in [0.25, 0.3) is 0 Å². The van der Waals surface area contributed by atoms with E-state index in [9.17, 15) is 22.7 Å². The van der Waals surface area contributed by atoms with E-state index < -0.39 is 24.2 Å². The second kappa shape index (κ2) is 3.33. The first kappa shape index (κ1) is 9.98. The van der Waals surface area contributed by atoms with Gasteiger partial charge < -0.3 is 0 Å². The normalized spacial score (nSPS) is 11.8. The standard InChI is InChI=1S/C8H5F4O/c9-7-2-1-5(4-13)3-6(7)8(10,11)12/h1-3H,4H2. The molecule has 13 heavy (non-hydrogen) atoms. The summed E-state index contributed by atoms with van der Waals surface area (Å²) in [6, 6.07) is 2.22. The molecule has 0 saturated heterocycles. The Morgan fingerprint density at radius 3 is 2.31 bits per heavy atom. The molecule has 5 heteroatoms. The van der Waals surface area contributed by atoms with Crippen molar-refractivity contribution < 1.29 is 22.7 Å². The maximum atomic E-state index is 12.6. The summed E-state index contributed by atoms with van der Waals surface area (Å²) < 4.78 is 48.6. The molecule has 0 bridgehead atoms. The Balaban J connectivity index is 3.19. The summed E-state index contributed by atoms with van der Waals surface area (Å²) in [5.41, 5.74) is -1.46. The van der Waals surface area contributed by atoms with E-state index in [0.717, 1.165) is 6.07 Å². The Morgan fingerprint density at radius 2 is 1.85 bits per heavy atom. The van der Waals surface area contributed by atoms with Crippen LogP contribution in [0.5, 0.6) is 0 Å². The molecule has 0 aliphatic carbocycles. The molecule has 71 valence electrons. The van der Waals surface area contributed by atoms with Crippen LogP contribution in [0, 0.1) is 5.82 Å². The number of hydrogen-bond acceptors (Lipinski definition) is 0. The second-order valence-electron chi connectivity index (χ2n) is 2.46. The van der Waals surface area contributed by atoms with Crippen molar-refractivity contribution in [2.24, 2.45) is 0 Å². The van der Waals surface area contributed by atoms with E-state index in [0.29, 0.717) is 12.1 Å². The van der Waals surface area contributed by atoms with Gasteiger partial charge in [0.05, 0.1) is 5.56 Å². The van der Waals surface area contributed by atoms with Gasteiger partial charge in [0.1, 0.15) is 12.4 Å². The SMILES string of the molecule is [O]Cc1ccc(F)c(C(F)(F)F)c1. The van der Waals surface area contributed by atoms with Crippen molar-refractivity contribution in [3.63, 3.8) is 0 Å². The topological polar surface area (TPSA) is 19.9 Å². The van der Waals surface area contributed by atoms with Crippen LogP contribution in [0.1, 0.15) is 11.1 Å². The van der Waals surface area contributed by atoms with E-state index in [2.05, 4.69) is 0 Å². The summed E-state index contributed by atoms with van der Waals surface area (Å²) in [5, 5.41) is 10.2. The molecule has 0 heterocycles. The van der Waals surface area contributed by atoms with Crippen molar-refractivity contribution in [1.82, 2.24) is 0 Å². The Morgan fingerprint density at radius 1 is 1.23 bits per heavy atom. The molecule has 1 aromatic carbocycles. The van der Waals surface area contributed by atoms with Gasteiger partial charge in [-0.2, -0.15) is 13.2 Å². The van der Waals surface area contributed by atoms with E-state index in [1.54, 1.807) is 0 Å². The van der Waals surface area contributed by atoms with Gasteiger partial charge in [0.15, 0.2) is 0 Å². The first-order valence-corrected chi connectivity index (χ1v) is 3.39. The molecule has 0 saturated carbocycles. The van der Waals surface area contributed by atoms with Gasteiger partial charge in [-0.15, -0.1) is 0 Å². The van der Waals surface area contributed by atoms with Crippen LogP contribution in [-0.2, 0) is 17.9 Å². The summed E-state index contributed by atoms with van der Waals surface area (Å²) in [7, 11) is 0. The quantitative estimate of drug-likeness (QED) is 0.611. The highest BCUT2D eigenvalue weighted by molar-refractivity contribution is 5.26. The molecule has 0 aliphatic heterocycles. The van der Waals surface area contributed by atoms with E-state index in [-0.39, 0.29) is 5.56 Å². The zero-order chi connectivity index (χ0) is 10.1. The maximum Gasteiger partial charge on any atom is 0.419 e. The van der Waals surface area contributed by atoms with Gasteiger partial charge in [-0.1, -0.05) is 6.07 Å². The van der Waals surface area contributed by atoms with E-state index >= 15 is 0 Å². The monoisotopic (exact) mass is 193 g/mol. The van der Waals surface area contributed by atoms with Crippen LogP contribution < -0.4 is 0 Å². The summed E-state index contributed by atoms with van der Waals surface area (Å²) in [4.78, 5) is 0. The van der Waals surface area contributed by atoms with Gasteiger partial charge in [0.2, 0.25) is 0 Å². The van der Waals surface area contributed by atoms with Crippen LogP contribution in [0.25, 0.3) is 0 Å². The highest BCUT2D eigenvalue weighted by atomic mass is 19.4. The lowest BCUT2D eigenvalue weighted by Gasteiger charge is -2.08. The zero-order valence-corrected chi connectivity index (χ0v) is 6.36. The van der Waals surface area contributed by atoms with Crippen LogP contribution in [-0.4, -0.2) is 0 Å². The van der Waals surface area contributed by atoms with Crippen molar-refractivity contribution in [1.29, 1.82) is 0 Å². The van der Waals surface area contributed by atoms with Crippen LogP contribution in [0.3, 0.4) is 0 Å². The van der Waals surface area contributed by atoms with Crippen LogP contribution >= 0.6 is 0 Å². The third-order valence-corrected chi connectivity index (χ3v) is 1.50. The molecule has 0 fully saturated rings. The van der Waals surface area contributed by atoms with E-state index in [4.69, 9.17) is 0 Å². The summed E-state index contributed by atoms with van der Waals surface area (Å²) in [6.45, 7) is -0.788. The molecule has 0 atom stereocenters. The average molecular weight is 193 g/mol. The fraction of sp³-hybridized carbons (Fsp3) is 0.250. The molecular weight excluding hydrogens is 188 g/mol. The summed E-state index contributed by atoms with van der Waals surface area (Å²) in [5.74, 6) is -1.36. The fourth-order valence-electron chi connectivity index (χ4n) is 0.879. The van der Waals surface area contributed by atoms with Gasteiger partial charge in [-0.05, 0) is 17.7 Å². The van der Waals surface area contributed by atoms with Crippen LogP contribution in [0.2, 0.25) is 0 Å². The first-order valence-electron chi connectivity index (χ1n) is 3.39. The van der Waals surface area contributed by atoms with Crippen molar-refractivity contribution in [2.45, 2.75) is 12.8 Å². The zero-order valence-electron chi connectivity index (χ0n) is 6.36. The number of alkyl halides is 3. The largest absolute Gasteiger partial charge is 0.419 e. The predicted molar refractivity (Wildman–Crippen MR) is 35.8 cm³/mol. The second-order valence-corrected chi connectivity index (χ2v) is 2.46. The first-order chi connectivity index (χ1) is 5.95. The average Bonchev–Trinajstić information content (AvgIpc) is 2.03. The summed E-state index contributed by atoms with van der Waals surface area (Å²) in [6.07, 6.45) is -4.74. The van der Waals surface area contributed by atoms with E-state index in [1.807, 2.05) is 0 Å². The highest BCUT2D eigenvalue weighted by Gasteiger charge is 2.34. The molecule has 0 amide bonds. The van der Waals surface area contributed by atoms with Crippen molar-refractivity contribution in [3.8, 4) is 0 Å². The molecule has 1 radical (unpaired) electrons.